The molecule has 0 aliphatic carbocycles. The zero-order valence-electron chi connectivity index (χ0n) is 12.9. The van der Waals surface area contributed by atoms with Crippen molar-refractivity contribution < 1.29 is 18.3 Å². The molecule has 128 valence electrons. The largest absolute Gasteiger partial charge is 0.478 e. The van der Waals surface area contributed by atoms with Gasteiger partial charge in [0.2, 0.25) is 10.0 Å². The van der Waals surface area contributed by atoms with Crippen LogP contribution in [0.1, 0.15) is 16.1 Å². The molecular weight excluding hydrogens is 344 g/mol. The molecule has 1 aromatic carbocycles. The number of carbonyl (C=O) groups is 1. The smallest absolute Gasteiger partial charge is 0.335 e. The summed E-state index contributed by atoms with van der Waals surface area (Å²) in [6, 6.07) is 9.08. The molecule has 0 saturated heterocycles. The quantitative estimate of drug-likeness (QED) is 0.615. The van der Waals surface area contributed by atoms with Crippen LogP contribution in [-0.2, 0) is 16.6 Å². The molecule has 3 rings (SSSR count). The van der Waals surface area contributed by atoms with Crippen molar-refractivity contribution in [3.05, 3.63) is 66.2 Å². The van der Waals surface area contributed by atoms with Crippen LogP contribution in [0.2, 0.25) is 0 Å². The van der Waals surface area contributed by atoms with Gasteiger partial charge in [-0.05, 0) is 35.9 Å². The molecule has 0 aliphatic rings. The molecule has 0 radical (unpaired) electrons. The van der Waals surface area contributed by atoms with Crippen molar-refractivity contribution in [1.82, 2.24) is 19.9 Å². The van der Waals surface area contributed by atoms with Gasteiger partial charge in [-0.3, -0.25) is 10.1 Å². The zero-order chi connectivity index (χ0) is 17.9. The number of aromatic nitrogens is 3. The van der Waals surface area contributed by atoms with Crippen LogP contribution < -0.4 is 4.72 Å². The van der Waals surface area contributed by atoms with Crippen LogP contribution in [0.25, 0.3) is 11.1 Å². The summed E-state index contributed by atoms with van der Waals surface area (Å²) < 4.78 is 27.5. The van der Waals surface area contributed by atoms with Crippen LogP contribution in [0.15, 0.2) is 59.9 Å². The number of aromatic amines is 1. The van der Waals surface area contributed by atoms with Crippen molar-refractivity contribution in [3.8, 4) is 11.1 Å². The summed E-state index contributed by atoms with van der Waals surface area (Å²) in [5.74, 6) is -1.22. The van der Waals surface area contributed by atoms with Gasteiger partial charge < -0.3 is 5.11 Å². The van der Waals surface area contributed by atoms with E-state index < -0.39 is 16.0 Å². The highest BCUT2D eigenvalue weighted by Gasteiger charge is 2.19. The summed E-state index contributed by atoms with van der Waals surface area (Å²) in [7, 11) is -3.91. The minimum Gasteiger partial charge on any atom is -0.478 e. The predicted molar refractivity (Wildman–Crippen MR) is 89.2 cm³/mol. The number of hydrogen-bond acceptors (Lipinski definition) is 5. The summed E-state index contributed by atoms with van der Waals surface area (Å²) in [5.41, 5.74) is 1.45. The highest BCUT2D eigenvalue weighted by molar-refractivity contribution is 7.89. The molecule has 0 aliphatic heterocycles. The number of hydrogen-bond donors (Lipinski definition) is 3. The fraction of sp³-hybridized carbons (Fsp3) is 0.0625. The summed E-state index contributed by atoms with van der Waals surface area (Å²) >= 11 is 0. The molecule has 3 N–H and O–H groups in total. The van der Waals surface area contributed by atoms with Crippen molar-refractivity contribution >= 4 is 16.0 Å². The fourth-order valence-electron chi connectivity index (χ4n) is 2.21. The van der Waals surface area contributed by atoms with E-state index in [1.54, 1.807) is 30.6 Å². The van der Waals surface area contributed by atoms with Gasteiger partial charge in [-0.1, -0.05) is 6.07 Å². The molecule has 2 heterocycles. The second-order valence-electron chi connectivity index (χ2n) is 5.18. The van der Waals surface area contributed by atoms with Crippen molar-refractivity contribution in [1.29, 1.82) is 0 Å². The van der Waals surface area contributed by atoms with Gasteiger partial charge >= 0.3 is 5.97 Å². The molecule has 0 unspecified atom stereocenters. The summed E-state index contributed by atoms with van der Waals surface area (Å²) in [4.78, 5) is 15.2. The first-order chi connectivity index (χ1) is 12.0. The van der Waals surface area contributed by atoms with E-state index in [2.05, 4.69) is 19.9 Å². The number of pyridine rings is 1. The Hall–Kier alpha value is -3.04. The van der Waals surface area contributed by atoms with Gasteiger partial charge in [-0.15, -0.1) is 0 Å². The predicted octanol–water partition coefficient (Wildman–Crippen LogP) is 1.65. The number of aromatic carboxylic acids is 1. The molecule has 0 spiro atoms. The van der Waals surface area contributed by atoms with E-state index in [1.165, 1.54) is 18.3 Å². The Kier molecular flexibility index (Phi) is 4.59. The van der Waals surface area contributed by atoms with Crippen LogP contribution in [0.3, 0.4) is 0 Å². The Bertz CT molecular complexity index is 986. The van der Waals surface area contributed by atoms with Crippen molar-refractivity contribution in [2.45, 2.75) is 11.4 Å². The van der Waals surface area contributed by atoms with Crippen molar-refractivity contribution in [3.63, 3.8) is 0 Å². The van der Waals surface area contributed by atoms with Gasteiger partial charge in [-0.2, -0.15) is 5.10 Å². The van der Waals surface area contributed by atoms with Crippen molar-refractivity contribution in [2.75, 3.05) is 0 Å². The molecule has 0 amide bonds. The fourth-order valence-corrected chi connectivity index (χ4v) is 3.28. The van der Waals surface area contributed by atoms with E-state index in [1.807, 2.05) is 0 Å². The van der Waals surface area contributed by atoms with Crippen LogP contribution in [-0.4, -0.2) is 34.7 Å². The van der Waals surface area contributed by atoms with E-state index >= 15 is 0 Å². The number of benzene rings is 1. The Labute approximate surface area is 143 Å². The lowest BCUT2D eigenvalue weighted by Gasteiger charge is -2.09. The molecule has 25 heavy (non-hydrogen) atoms. The average Bonchev–Trinajstić information content (AvgIpc) is 3.15. The third-order valence-corrected chi connectivity index (χ3v) is 4.85. The minimum absolute atomic E-state index is 0.00150. The lowest BCUT2D eigenvalue weighted by molar-refractivity contribution is 0.0696. The highest BCUT2D eigenvalue weighted by Crippen LogP contribution is 2.24. The van der Waals surface area contributed by atoms with Gasteiger partial charge in [0.1, 0.15) is 0 Å². The van der Waals surface area contributed by atoms with Crippen LogP contribution in [0, 0.1) is 0 Å². The summed E-state index contributed by atoms with van der Waals surface area (Å²) in [6.07, 6.45) is 4.60. The molecular formula is C16H14N4O4S. The number of nitrogens with zero attached hydrogens (tertiary/aromatic N) is 2. The molecule has 0 atom stereocenters. The van der Waals surface area contributed by atoms with E-state index in [-0.39, 0.29) is 17.0 Å². The van der Waals surface area contributed by atoms with Crippen LogP contribution in [0.4, 0.5) is 0 Å². The first-order valence-corrected chi connectivity index (χ1v) is 8.71. The molecule has 0 saturated carbocycles. The van der Waals surface area contributed by atoms with Gasteiger partial charge in [0, 0.05) is 18.0 Å². The second-order valence-corrected chi connectivity index (χ2v) is 6.95. The van der Waals surface area contributed by atoms with Crippen molar-refractivity contribution in [2.24, 2.45) is 0 Å². The van der Waals surface area contributed by atoms with Gasteiger partial charge in [-0.25, -0.2) is 17.9 Å². The lowest BCUT2D eigenvalue weighted by atomic mass is 10.1. The second kappa shape index (κ2) is 6.83. The molecule has 2 aromatic heterocycles. The van der Waals surface area contributed by atoms with Gasteiger partial charge in [0.25, 0.3) is 0 Å². The number of carboxylic acids is 1. The number of sulfonamides is 1. The number of rotatable bonds is 6. The highest BCUT2D eigenvalue weighted by atomic mass is 32.2. The molecule has 0 fully saturated rings. The topological polar surface area (TPSA) is 125 Å². The molecule has 8 nitrogen and oxygen atoms in total. The van der Waals surface area contributed by atoms with Gasteiger partial charge in [0.05, 0.1) is 28.9 Å². The summed E-state index contributed by atoms with van der Waals surface area (Å²) in [6.45, 7) is 0.00150. The standard InChI is InChI=1S/C16H14N4O4S/c21-16(22)12-5-11(13-8-18-19-9-13)6-15(7-12)25(23,24)20-10-14-3-1-2-4-17-14/h1-9,20H,10H2,(H,18,19)(H,21,22). The third-order valence-electron chi connectivity index (χ3n) is 3.46. The van der Waals surface area contributed by atoms with E-state index in [9.17, 15) is 18.3 Å². The SMILES string of the molecule is O=C(O)c1cc(-c2cn[nH]c2)cc(S(=O)(=O)NCc2ccccn2)c1. The number of H-pyrrole nitrogens is 1. The maximum absolute atomic E-state index is 12.5. The lowest BCUT2D eigenvalue weighted by Crippen LogP contribution is -2.24. The number of nitrogens with one attached hydrogen (secondary N) is 2. The number of carboxylic acid groups (broad SMARTS) is 1. The molecule has 0 bridgehead atoms. The normalized spacial score (nSPS) is 11.4. The van der Waals surface area contributed by atoms with E-state index in [0.29, 0.717) is 16.8 Å². The monoisotopic (exact) mass is 358 g/mol. The Morgan fingerprint density at radius 3 is 2.68 bits per heavy atom. The maximum atomic E-state index is 12.5. The first-order valence-electron chi connectivity index (χ1n) is 7.23. The van der Waals surface area contributed by atoms with E-state index in [4.69, 9.17) is 0 Å². The Morgan fingerprint density at radius 1 is 1.20 bits per heavy atom. The molecule has 3 aromatic rings. The molecule has 9 heteroatoms. The van der Waals surface area contributed by atoms with Crippen LogP contribution in [0.5, 0.6) is 0 Å². The minimum atomic E-state index is -3.91. The maximum Gasteiger partial charge on any atom is 0.335 e. The Morgan fingerprint density at radius 2 is 2.04 bits per heavy atom. The average molecular weight is 358 g/mol. The summed E-state index contributed by atoms with van der Waals surface area (Å²) in [5, 5.41) is 15.7. The van der Waals surface area contributed by atoms with E-state index in [0.717, 1.165) is 6.07 Å². The third kappa shape index (κ3) is 3.90. The van der Waals surface area contributed by atoms with Gasteiger partial charge in [0.15, 0.2) is 0 Å². The first kappa shape index (κ1) is 16.8. The zero-order valence-corrected chi connectivity index (χ0v) is 13.7. The van der Waals surface area contributed by atoms with Crippen LogP contribution >= 0.6 is 0 Å². The Balaban J connectivity index is 1.95.